The summed E-state index contributed by atoms with van der Waals surface area (Å²) in [7, 11) is 0. The summed E-state index contributed by atoms with van der Waals surface area (Å²) in [6.07, 6.45) is -5.92. The lowest BCUT2D eigenvalue weighted by atomic mass is 10.0. The molecular formula is C10H10F3NO3. The van der Waals surface area contributed by atoms with Crippen LogP contribution in [0.5, 0.6) is 0 Å². The van der Waals surface area contributed by atoms with Crippen molar-refractivity contribution in [1.29, 1.82) is 0 Å². The van der Waals surface area contributed by atoms with Crippen molar-refractivity contribution < 1.29 is 28.2 Å². The first-order valence-electron chi connectivity index (χ1n) is 4.62. The van der Waals surface area contributed by atoms with Gasteiger partial charge in [-0.15, -0.1) is 0 Å². The molecule has 4 nitrogen and oxygen atoms in total. The molecule has 1 rings (SSSR count). The van der Waals surface area contributed by atoms with E-state index in [-0.39, 0.29) is 5.56 Å². The second kappa shape index (κ2) is 5.05. The highest BCUT2D eigenvalue weighted by molar-refractivity contribution is 5.65. The summed E-state index contributed by atoms with van der Waals surface area (Å²) >= 11 is 0. The predicted molar refractivity (Wildman–Crippen MR) is 52.4 cm³/mol. The number of carboxylic acid groups (broad SMARTS) is 1. The van der Waals surface area contributed by atoms with Crippen LogP contribution in [0.15, 0.2) is 24.3 Å². The van der Waals surface area contributed by atoms with Crippen LogP contribution in [0.4, 0.5) is 18.0 Å². The van der Waals surface area contributed by atoms with E-state index in [1.165, 1.54) is 6.07 Å². The summed E-state index contributed by atoms with van der Waals surface area (Å²) in [4.78, 5) is 10.4. The van der Waals surface area contributed by atoms with E-state index >= 15 is 0 Å². The Bertz CT molecular complexity index is 406. The van der Waals surface area contributed by atoms with Gasteiger partial charge in [-0.2, -0.15) is 13.2 Å². The van der Waals surface area contributed by atoms with Gasteiger partial charge in [-0.05, 0) is 17.7 Å². The maximum atomic E-state index is 12.4. The highest BCUT2D eigenvalue weighted by Gasteiger charge is 2.31. The van der Waals surface area contributed by atoms with E-state index in [1.807, 2.05) is 5.32 Å². The highest BCUT2D eigenvalue weighted by Crippen LogP contribution is 2.30. The van der Waals surface area contributed by atoms with Gasteiger partial charge in [0.15, 0.2) is 0 Å². The minimum atomic E-state index is -4.50. The highest BCUT2D eigenvalue weighted by atomic mass is 19.4. The van der Waals surface area contributed by atoms with Crippen LogP contribution in [0.1, 0.15) is 17.2 Å². The van der Waals surface area contributed by atoms with Crippen molar-refractivity contribution in [3.05, 3.63) is 35.4 Å². The minimum absolute atomic E-state index is 0.0599. The van der Waals surface area contributed by atoms with Crippen LogP contribution < -0.4 is 5.32 Å². The van der Waals surface area contributed by atoms with E-state index < -0.39 is 30.5 Å². The molecule has 0 aliphatic carbocycles. The van der Waals surface area contributed by atoms with Crippen molar-refractivity contribution in [2.75, 3.05) is 6.61 Å². The number of aliphatic hydroxyl groups excluding tert-OH is 1. The molecule has 0 radical (unpaired) electrons. The molecule has 1 amide bonds. The molecule has 0 aliphatic rings. The van der Waals surface area contributed by atoms with Crippen LogP contribution >= 0.6 is 0 Å². The molecule has 0 bridgehead atoms. The van der Waals surface area contributed by atoms with Crippen LogP contribution in [0.2, 0.25) is 0 Å². The molecule has 0 heterocycles. The molecule has 1 atom stereocenters. The molecule has 0 aromatic heterocycles. The average molecular weight is 249 g/mol. The van der Waals surface area contributed by atoms with Gasteiger partial charge < -0.3 is 15.5 Å². The quantitative estimate of drug-likeness (QED) is 0.767. The Morgan fingerprint density at radius 3 is 2.53 bits per heavy atom. The zero-order valence-corrected chi connectivity index (χ0v) is 8.53. The van der Waals surface area contributed by atoms with Crippen molar-refractivity contribution >= 4 is 6.09 Å². The number of carbonyl (C=O) groups is 1. The van der Waals surface area contributed by atoms with E-state index in [2.05, 4.69) is 0 Å². The first-order chi connectivity index (χ1) is 7.84. The van der Waals surface area contributed by atoms with Gasteiger partial charge in [0.25, 0.3) is 0 Å². The third-order valence-electron chi connectivity index (χ3n) is 2.10. The van der Waals surface area contributed by atoms with Gasteiger partial charge in [-0.3, -0.25) is 0 Å². The summed E-state index contributed by atoms with van der Waals surface area (Å²) in [5.74, 6) is 0. The first kappa shape index (κ1) is 13.3. The maximum Gasteiger partial charge on any atom is 0.416 e. The third kappa shape index (κ3) is 3.63. The molecule has 0 spiro atoms. The van der Waals surface area contributed by atoms with Crippen molar-refractivity contribution in [3.63, 3.8) is 0 Å². The van der Waals surface area contributed by atoms with E-state index in [4.69, 9.17) is 10.2 Å². The second-order valence-electron chi connectivity index (χ2n) is 3.31. The van der Waals surface area contributed by atoms with Crippen molar-refractivity contribution in [3.8, 4) is 0 Å². The minimum Gasteiger partial charge on any atom is -0.465 e. The molecule has 1 aromatic carbocycles. The predicted octanol–water partition coefficient (Wildman–Crippen LogP) is 2.01. The number of nitrogens with one attached hydrogen (secondary N) is 1. The number of hydrogen-bond donors (Lipinski definition) is 3. The van der Waals surface area contributed by atoms with Gasteiger partial charge in [-0.25, -0.2) is 4.79 Å². The Kier molecular flexibility index (Phi) is 3.95. The summed E-state index contributed by atoms with van der Waals surface area (Å²) in [5.41, 5.74) is -0.828. The topological polar surface area (TPSA) is 69.6 Å². The zero-order valence-electron chi connectivity index (χ0n) is 8.53. The molecule has 3 N–H and O–H groups in total. The van der Waals surface area contributed by atoms with Crippen LogP contribution in [0.3, 0.4) is 0 Å². The molecule has 7 heteroatoms. The van der Waals surface area contributed by atoms with Gasteiger partial charge in [0.2, 0.25) is 0 Å². The third-order valence-corrected chi connectivity index (χ3v) is 2.10. The Morgan fingerprint density at radius 2 is 2.06 bits per heavy atom. The lowest BCUT2D eigenvalue weighted by Gasteiger charge is -2.16. The fourth-order valence-electron chi connectivity index (χ4n) is 1.32. The number of rotatable bonds is 3. The SMILES string of the molecule is O=C(O)NC(CO)c1cccc(C(F)(F)F)c1. The molecule has 0 saturated carbocycles. The Hall–Kier alpha value is -1.76. The van der Waals surface area contributed by atoms with E-state index in [1.54, 1.807) is 0 Å². The van der Waals surface area contributed by atoms with Gasteiger partial charge in [0, 0.05) is 0 Å². The molecule has 17 heavy (non-hydrogen) atoms. The van der Waals surface area contributed by atoms with Crippen molar-refractivity contribution in [2.45, 2.75) is 12.2 Å². The Labute approximate surface area is 94.7 Å². The zero-order chi connectivity index (χ0) is 13.1. The van der Waals surface area contributed by atoms with E-state index in [9.17, 15) is 18.0 Å². The number of alkyl halides is 3. The number of hydrogen-bond acceptors (Lipinski definition) is 2. The lowest BCUT2D eigenvalue weighted by molar-refractivity contribution is -0.137. The van der Waals surface area contributed by atoms with Crippen LogP contribution in [-0.2, 0) is 6.18 Å². The largest absolute Gasteiger partial charge is 0.465 e. The molecule has 1 aromatic rings. The number of halogens is 3. The Balaban J connectivity index is 3.01. The van der Waals surface area contributed by atoms with E-state index in [0.717, 1.165) is 18.2 Å². The monoisotopic (exact) mass is 249 g/mol. The summed E-state index contributed by atoms with van der Waals surface area (Å²) < 4.78 is 37.2. The van der Waals surface area contributed by atoms with Crippen LogP contribution in [0.25, 0.3) is 0 Å². The average Bonchev–Trinajstić information content (AvgIpc) is 2.24. The summed E-state index contributed by atoms with van der Waals surface area (Å²) in [6.45, 7) is -0.617. The molecule has 0 saturated heterocycles. The van der Waals surface area contributed by atoms with E-state index in [0.29, 0.717) is 0 Å². The first-order valence-corrected chi connectivity index (χ1v) is 4.62. The van der Waals surface area contributed by atoms with Crippen molar-refractivity contribution in [2.24, 2.45) is 0 Å². The molecule has 0 aliphatic heterocycles. The molecule has 94 valence electrons. The van der Waals surface area contributed by atoms with Gasteiger partial charge >= 0.3 is 12.3 Å². The number of amides is 1. The molecule has 1 unspecified atom stereocenters. The number of benzene rings is 1. The fourth-order valence-corrected chi connectivity index (χ4v) is 1.32. The van der Waals surface area contributed by atoms with Crippen LogP contribution in [0, 0.1) is 0 Å². The number of aliphatic hydroxyl groups is 1. The second-order valence-corrected chi connectivity index (χ2v) is 3.31. The summed E-state index contributed by atoms with van der Waals surface area (Å²) in [6, 6.07) is 3.07. The van der Waals surface area contributed by atoms with Gasteiger partial charge in [-0.1, -0.05) is 12.1 Å². The van der Waals surface area contributed by atoms with Gasteiger partial charge in [0.1, 0.15) is 0 Å². The maximum absolute atomic E-state index is 12.4. The Morgan fingerprint density at radius 1 is 1.41 bits per heavy atom. The lowest BCUT2D eigenvalue weighted by Crippen LogP contribution is -2.29. The molecule has 0 fully saturated rings. The molecular weight excluding hydrogens is 239 g/mol. The normalized spacial score (nSPS) is 13.2. The summed E-state index contributed by atoms with van der Waals surface area (Å²) in [5, 5.41) is 19.3. The van der Waals surface area contributed by atoms with Crippen LogP contribution in [-0.4, -0.2) is 22.9 Å². The standard InChI is InChI=1S/C10H10F3NO3/c11-10(12,13)7-3-1-2-6(4-7)8(5-15)14-9(16)17/h1-4,8,14-15H,5H2,(H,16,17). The smallest absolute Gasteiger partial charge is 0.416 e. The van der Waals surface area contributed by atoms with Crippen molar-refractivity contribution in [1.82, 2.24) is 5.32 Å². The fraction of sp³-hybridized carbons (Fsp3) is 0.300. The van der Waals surface area contributed by atoms with Gasteiger partial charge in [0.05, 0.1) is 18.2 Å².